The first-order valence-electron chi connectivity index (χ1n) is 12.3. The van der Waals surface area contributed by atoms with Crippen LogP contribution < -0.4 is 19.7 Å². The molecule has 1 atom stereocenters. The van der Waals surface area contributed by atoms with Crippen LogP contribution in [0.25, 0.3) is 22.2 Å². The standard InChI is InChI=1S/C27H27Cl2N7O3/c1-15(24-19(28)11-31-12-20(24)29)39-23-7-18-21(8-22(23)38-3)34-35-25(18)17-6-16(9-30)26(32-10-17)36-13-27(2,14-36)33-4-5-37/h6-8,10-12,15,33,37H,4-5,13-14H2,1-3H3,(H,34,35)/t15-/m1/s1. The van der Waals surface area contributed by atoms with E-state index in [1.54, 1.807) is 25.4 Å². The van der Waals surface area contributed by atoms with Gasteiger partial charge in [-0.05, 0) is 26.0 Å². The van der Waals surface area contributed by atoms with Crippen molar-refractivity contribution >= 4 is 39.9 Å². The highest BCUT2D eigenvalue weighted by molar-refractivity contribution is 6.35. The van der Waals surface area contributed by atoms with Gasteiger partial charge in [-0.3, -0.25) is 10.1 Å². The van der Waals surface area contributed by atoms with Gasteiger partial charge >= 0.3 is 0 Å². The number of aliphatic hydroxyl groups excluding tert-OH is 1. The van der Waals surface area contributed by atoms with Gasteiger partial charge in [-0.15, -0.1) is 0 Å². The Morgan fingerprint density at radius 3 is 2.62 bits per heavy atom. The monoisotopic (exact) mass is 567 g/mol. The van der Waals surface area contributed by atoms with Crippen molar-refractivity contribution in [2.24, 2.45) is 0 Å². The number of aromatic amines is 1. The van der Waals surface area contributed by atoms with Crippen LogP contribution in [-0.4, -0.2) is 64.2 Å². The molecule has 0 radical (unpaired) electrons. The molecule has 1 saturated heterocycles. The molecule has 202 valence electrons. The zero-order valence-corrected chi connectivity index (χ0v) is 23.1. The molecule has 12 heteroatoms. The highest BCUT2D eigenvalue weighted by Gasteiger charge is 2.39. The molecule has 1 aliphatic heterocycles. The van der Waals surface area contributed by atoms with Crippen molar-refractivity contribution in [2.75, 3.05) is 38.3 Å². The Morgan fingerprint density at radius 2 is 1.95 bits per heavy atom. The molecule has 0 amide bonds. The van der Waals surface area contributed by atoms with Crippen molar-refractivity contribution in [3.05, 3.63) is 58.0 Å². The molecule has 4 heterocycles. The molecule has 10 nitrogen and oxygen atoms in total. The summed E-state index contributed by atoms with van der Waals surface area (Å²) in [7, 11) is 1.56. The van der Waals surface area contributed by atoms with E-state index in [9.17, 15) is 5.26 Å². The van der Waals surface area contributed by atoms with Gasteiger partial charge in [-0.25, -0.2) is 4.98 Å². The van der Waals surface area contributed by atoms with E-state index in [-0.39, 0.29) is 12.1 Å². The van der Waals surface area contributed by atoms with Crippen LogP contribution >= 0.6 is 23.2 Å². The van der Waals surface area contributed by atoms with Crippen LogP contribution in [0.1, 0.15) is 31.1 Å². The second kappa shape index (κ2) is 10.9. The number of anilines is 1. The third-order valence-corrected chi connectivity index (χ3v) is 7.35. The molecular weight excluding hydrogens is 541 g/mol. The molecular formula is C27H27Cl2N7O3. The molecule has 0 spiro atoms. The van der Waals surface area contributed by atoms with E-state index in [2.05, 4.69) is 38.5 Å². The number of nitrogens with zero attached hydrogens (tertiary/aromatic N) is 5. The van der Waals surface area contributed by atoms with Crippen molar-refractivity contribution in [1.29, 1.82) is 5.26 Å². The number of H-pyrrole nitrogens is 1. The van der Waals surface area contributed by atoms with Crippen molar-refractivity contribution < 1.29 is 14.6 Å². The van der Waals surface area contributed by atoms with Gasteiger partial charge < -0.3 is 24.8 Å². The van der Waals surface area contributed by atoms with Crippen LogP contribution in [0.5, 0.6) is 11.5 Å². The molecule has 1 fully saturated rings. The summed E-state index contributed by atoms with van der Waals surface area (Å²) < 4.78 is 11.8. The topological polar surface area (TPSA) is 132 Å². The Balaban J connectivity index is 1.46. The van der Waals surface area contributed by atoms with Crippen LogP contribution in [0.4, 0.5) is 5.82 Å². The summed E-state index contributed by atoms with van der Waals surface area (Å²) in [6, 6.07) is 7.70. The smallest absolute Gasteiger partial charge is 0.162 e. The summed E-state index contributed by atoms with van der Waals surface area (Å²) in [6.45, 7) is 5.89. The maximum Gasteiger partial charge on any atom is 0.162 e. The number of β-amino-alcohol motifs (C(OH)–C–C–N with tert-alkyl or cyclic N) is 1. The van der Waals surface area contributed by atoms with Gasteiger partial charge in [0.05, 0.1) is 40.4 Å². The van der Waals surface area contributed by atoms with Gasteiger partial charge in [0.15, 0.2) is 11.5 Å². The number of hydrogen-bond donors (Lipinski definition) is 3. The minimum Gasteiger partial charge on any atom is -0.493 e. The Bertz CT molecular complexity index is 1540. The number of fused-ring (bicyclic) bond motifs is 1. The summed E-state index contributed by atoms with van der Waals surface area (Å²) in [6.07, 6.45) is 4.27. The number of pyridine rings is 2. The van der Waals surface area contributed by atoms with Gasteiger partial charge in [-0.2, -0.15) is 10.4 Å². The molecule has 0 aliphatic carbocycles. The predicted octanol–water partition coefficient (Wildman–Crippen LogP) is 4.51. The zero-order chi connectivity index (χ0) is 27.7. The van der Waals surface area contributed by atoms with E-state index in [0.717, 1.165) is 10.9 Å². The Labute approximate surface area is 235 Å². The summed E-state index contributed by atoms with van der Waals surface area (Å²) in [5, 5.41) is 31.5. The number of nitrogens with one attached hydrogen (secondary N) is 2. The number of hydrogen-bond acceptors (Lipinski definition) is 9. The minimum absolute atomic E-state index is 0.0758. The lowest BCUT2D eigenvalue weighted by molar-refractivity contribution is 0.216. The fraction of sp³-hybridized carbons (Fsp3) is 0.333. The van der Waals surface area contributed by atoms with E-state index in [1.807, 2.05) is 17.9 Å². The summed E-state index contributed by atoms with van der Waals surface area (Å²) >= 11 is 12.7. The first-order valence-corrected chi connectivity index (χ1v) is 13.1. The SMILES string of the molecule is COc1cc2[nH]nc(-c3cnc(N4CC(C)(NCCO)C4)c(C#N)c3)c2cc1O[C@H](C)c1c(Cl)cncc1Cl. The molecule has 1 aromatic carbocycles. The Hall–Kier alpha value is -3.62. The van der Waals surface area contributed by atoms with E-state index in [1.165, 1.54) is 12.4 Å². The average Bonchev–Trinajstić information content (AvgIpc) is 3.32. The Morgan fingerprint density at radius 1 is 1.21 bits per heavy atom. The van der Waals surface area contributed by atoms with Crippen LogP contribution in [0.2, 0.25) is 10.0 Å². The first-order chi connectivity index (χ1) is 18.8. The molecule has 3 aromatic heterocycles. The van der Waals surface area contributed by atoms with E-state index < -0.39 is 6.10 Å². The number of rotatable bonds is 9. The van der Waals surface area contributed by atoms with E-state index >= 15 is 0 Å². The largest absolute Gasteiger partial charge is 0.493 e. The van der Waals surface area contributed by atoms with Crippen LogP contribution in [0.15, 0.2) is 36.8 Å². The normalized spacial score (nSPS) is 15.1. The maximum absolute atomic E-state index is 9.90. The number of methoxy groups -OCH3 is 1. The third kappa shape index (κ3) is 5.18. The molecule has 39 heavy (non-hydrogen) atoms. The van der Waals surface area contributed by atoms with Crippen LogP contribution in [-0.2, 0) is 0 Å². The quantitative estimate of drug-likeness (QED) is 0.267. The molecule has 4 aromatic rings. The second-order valence-electron chi connectivity index (χ2n) is 9.67. The van der Waals surface area contributed by atoms with Crippen molar-refractivity contribution in [3.8, 4) is 28.8 Å². The molecule has 0 unspecified atom stereocenters. The van der Waals surface area contributed by atoms with Crippen molar-refractivity contribution in [1.82, 2.24) is 25.5 Å². The van der Waals surface area contributed by atoms with Crippen LogP contribution in [0, 0.1) is 11.3 Å². The van der Waals surface area contributed by atoms with Gasteiger partial charge in [0.2, 0.25) is 0 Å². The lowest BCUT2D eigenvalue weighted by atomic mass is 9.91. The third-order valence-electron chi connectivity index (χ3n) is 6.75. The number of aromatic nitrogens is 4. The molecule has 1 aliphatic rings. The van der Waals surface area contributed by atoms with Gasteiger partial charge in [0.25, 0.3) is 0 Å². The summed E-state index contributed by atoms with van der Waals surface area (Å²) in [4.78, 5) is 10.7. The van der Waals surface area contributed by atoms with Crippen molar-refractivity contribution in [2.45, 2.75) is 25.5 Å². The highest BCUT2D eigenvalue weighted by atomic mass is 35.5. The maximum atomic E-state index is 9.90. The van der Waals surface area contributed by atoms with Crippen molar-refractivity contribution in [3.63, 3.8) is 0 Å². The van der Waals surface area contributed by atoms with Gasteiger partial charge in [0, 0.05) is 60.8 Å². The van der Waals surface area contributed by atoms with E-state index in [0.29, 0.717) is 69.4 Å². The van der Waals surface area contributed by atoms with Crippen LogP contribution in [0.3, 0.4) is 0 Å². The molecule has 3 N–H and O–H groups in total. The Kier molecular flexibility index (Phi) is 7.51. The highest BCUT2D eigenvalue weighted by Crippen LogP contribution is 2.40. The summed E-state index contributed by atoms with van der Waals surface area (Å²) in [5.74, 6) is 1.60. The fourth-order valence-electron chi connectivity index (χ4n) is 4.89. The minimum atomic E-state index is -0.491. The van der Waals surface area contributed by atoms with Gasteiger partial charge in [-0.1, -0.05) is 23.2 Å². The number of aliphatic hydroxyl groups is 1. The van der Waals surface area contributed by atoms with E-state index in [4.69, 9.17) is 37.8 Å². The number of nitriles is 1. The summed E-state index contributed by atoms with van der Waals surface area (Å²) in [5.41, 5.74) is 2.98. The first kappa shape index (κ1) is 27.0. The van der Waals surface area contributed by atoms with Gasteiger partial charge in [0.1, 0.15) is 23.7 Å². The second-order valence-corrected chi connectivity index (χ2v) is 10.5. The lowest BCUT2D eigenvalue weighted by Gasteiger charge is -2.49. The lowest BCUT2D eigenvalue weighted by Crippen LogP contribution is -2.68. The molecule has 0 bridgehead atoms. The predicted molar refractivity (Wildman–Crippen MR) is 150 cm³/mol. The number of ether oxygens (including phenoxy) is 2. The average molecular weight is 568 g/mol. The number of benzene rings is 1. The fourth-order valence-corrected chi connectivity index (χ4v) is 5.56. The molecule has 0 saturated carbocycles. The molecule has 5 rings (SSSR count). The zero-order valence-electron chi connectivity index (χ0n) is 21.6. The number of halogens is 2.